The molecule has 0 bridgehead atoms. The number of furan rings is 1. The van der Waals surface area contributed by atoms with Crippen LogP contribution in [0.15, 0.2) is 10.5 Å². The molecule has 0 amide bonds. The van der Waals surface area contributed by atoms with Crippen molar-refractivity contribution in [3.8, 4) is 0 Å². The summed E-state index contributed by atoms with van der Waals surface area (Å²) in [5.41, 5.74) is 6.06. The van der Waals surface area contributed by atoms with E-state index in [1.165, 1.54) is 0 Å². The van der Waals surface area contributed by atoms with Crippen molar-refractivity contribution < 1.29 is 9.52 Å². The fraction of sp³-hybridized carbons (Fsp3) is 0.500. The van der Waals surface area contributed by atoms with Crippen LogP contribution in [0.4, 0.5) is 0 Å². The third kappa shape index (κ3) is 1.80. The minimum atomic E-state index is -0.755. The van der Waals surface area contributed by atoms with Crippen molar-refractivity contribution in [3.05, 3.63) is 22.6 Å². The van der Waals surface area contributed by atoms with Gasteiger partial charge in [0.25, 0.3) is 0 Å². The van der Waals surface area contributed by atoms with Gasteiger partial charge < -0.3 is 15.3 Å². The highest BCUT2D eigenvalue weighted by Gasteiger charge is 2.18. The Balaban J connectivity index is 2.94. The van der Waals surface area contributed by atoms with Crippen LogP contribution in [0.2, 0.25) is 5.22 Å². The van der Waals surface area contributed by atoms with Gasteiger partial charge in [-0.1, -0.05) is 0 Å². The lowest BCUT2D eigenvalue weighted by atomic mass is 10.1. The van der Waals surface area contributed by atoms with Gasteiger partial charge in [0.1, 0.15) is 5.76 Å². The van der Waals surface area contributed by atoms with Crippen LogP contribution in [-0.2, 0) is 0 Å². The Hall–Kier alpha value is -0.510. The summed E-state index contributed by atoms with van der Waals surface area (Å²) >= 11 is 5.70. The number of aliphatic hydroxyl groups is 1. The molecule has 2 atom stereocenters. The van der Waals surface area contributed by atoms with E-state index in [0.29, 0.717) is 11.3 Å². The summed E-state index contributed by atoms with van der Waals surface area (Å²) in [5.74, 6) is 0.676. The molecule has 1 rings (SSSR count). The zero-order valence-electron chi connectivity index (χ0n) is 7.04. The van der Waals surface area contributed by atoms with Gasteiger partial charge in [-0.05, 0) is 31.5 Å². The first-order valence-electron chi connectivity index (χ1n) is 3.72. The smallest absolute Gasteiger partial charge is 0.199 e. The van der Waals surface area contributed by atoms with Gasteiger partial charge in [-0.2, -0.15) is 0 Å². The summed E-state index contributed by atoms with van der Waals surface area (Å²) < 4.78 is 5.04. The van der Waals surface area contributed by atoms with E-state index in [1.807, 2.05) is 0 Å². The van der Waals surface area contributed by atoms with Crippen molar-refractivity contribution in [3.63, 3.8) is 0 Å². The second-order valence-electron chi connectivity index (χ2n) is 2.89. The number of aliphatic hydroxyl groups excluding tert-OH is 1. The van der Waals surface area contributed by atoms with Crippen LogP contribution < -0.4 is 5.73 Å². The second-order valence-corrected chi connectivity index (χ2v) is 3.23. The molecule has 4 heteroatoms. The molecule has 3 N–H and O–H groups in total. The Labute approximate surface area is 76.1 Å². The monoisotopic (exact) mass is 189 g/mol. The van der Waals surface area contributed by atoms with Gasteiger partial charge in [0, 0.05) is 11.6 Å². The molecule has 0 radical (unpaired) electrons. The minimum Gasteiger partial charge on any atom is -0.450 e. The van der Waals surface area contributed by atoms with Crippen molar-refractivity contribution >= 4 is 11.6 Å². The number of halogens is 1. The number of nitrogens with two attached hydrogens (primary N) is 1. The van der Waals surface area contributed by atoms with Gasteiger partial charge in [-0.15, -0.1) is 0 Å². The SMILES string of the molecule is Cc1cc(C(O)C(C)N)c(Cl)o1. The molecule has 3 nitrogen and oxygen atoms in total. The lowest BCUT2D eigenvalue weighted by Gasteiger charge is -2.12. The second kappa shape index (κ2) is 3.47. The molecule has 2 unspecified atom stereocenters. The third-order valence-corrected chi connectivity index (χ3v) is 1.95. The van der Waals surface area contributed by atoms with E-state index in [9.17, 15) is 5.11 Å². The Morgan fingerprint density at radius 2 is 2.25 bits per heavy atom. The van der Waals surface area contributed by atoms with Crippen molar-refractivity contribution in [2.45, 2.75) is 26.0 Å². The van der Waals surface area contributed by atoms with E-state index in [2.05, 4.69) is 0 Å². The average molecular weight is 190 g/mol. The topological polar surface area (TPSA) is 59.4 Å². The molecule has 1 aromatic heterocycles. The lowest BCUT2D eigenvalue weighted by Crippen LogP contribution is -2.24. The molecule has 1 heterocycles. The number of hydrogen-bond donors (Lipinski definition) is 2. The predicted molar refractivity (Wildman–Crippen MR) is 47.1 cm³/mol. The first kappa shape index (κ1) is 9.58. The van der Waals surface area contributed by atoms with E-state index in [4.69, 9.17) is 21.8 Å². The summed E-state index contributed by atoms with van der Waals surface area (Å²) in [6.45, 7) is 3.48. The molecule has 12 heavy (non-hydrogen) atoms. The molecule has 0 aliphatic heterocycles. The minimum absolute atomic E-state index is 0.220. The highest BCUT2D eigenvalue weighted by atomic mass is 35.5. The highest BCUT2D eigenvalue weighted by Crippen LogP contribution is 2.27. The Morgan fingerprint density at radius 3 is 2.58 bits per heavy atom. The van der Waals surface area contributed by atoms with Crippen molar-refractivity contribution in [2.24, 2.45) is 5.73 Å². The molecule has 1 aromatic rings. The molecule has 68 valence electrons. The highest BCUT2D eigenvalue weighted by molar-refractivity contribution is 6.29. The summed E-state index contributed by atoms with van der Waals surface area (Å²) in [6, 6.07) is 1.34. The van der Waals surface area contributed by atoms with E-state index < -0.39 is 6.10 Å². The molecule has 0 fully saturated rings. The first-order chi connectivity index (χ1) is 5.52. The van der Waals surface area contributed by atoms with Gasteiger partial charge >= 0.3 is 0 Å². The molecular formula is C8H12ClNO2. The average Bonchev–Trinajstić information content (AvgIpc) is 2.28. The van der Waals surface area contributed by atoms with Gasteiger partial charge in [0.2, 0.25) is 0 Å². The van der Waals surface area contributed by atoms with Crippen LogP contribution in [0.3, 0.4) is 0 Å². The molecule has 0 aliphatic carbocycles. The van der Waals surface area contributed by atoms with Crippen LogP contribution in [0.5, 0.6) is 0 Å². The van der Waals surface area contributed by atoms with Crippen LogP contribution in [-0.4, -0.2) is 11.1 Å². The van der Waals surface area contributed by atoms with Crippen LogP contribution in [0, 0.1) is 6.92 Å². The maximum atomic E-state index is 9.52. The molecule has 0 aliphatic rings. The number of aryl methyl sites for hydroxylation is 1. The van der Waals surface area contributed by atoms with E-state index >= 15 is 0 Å². The fourth-order valence-electron chi connectivity index (χ4n) is 0.990. The summed E-state index contributed by atoms with van der Waals surface area (Å²) in [6.07, 6.45) is -0.755. The molecule has 0 saturated heterocycles. The maximum Gasteiger partial charge on any atom is 0.199 e. The Kier molecular flexibility index (Phi) is 2.77. The third-order valence-electron chi connectivity index (χ3n) is 1.65. The molecule has 0 aromatic carbocycles. The summed E-state index contributed by atoms with van der Waals surface area (Å²) in [4.78, 5) is 0. The van der Waals surface area contributed by atoms with Crippen molar-refractivity contribution in [2.75, 3.05) is 0 Å². The zero-order valence-corrected chi connectivity index (χ0v) is 7.80. The normalized spacial score (nSPS) is 16.1. The Morgan fingerprint density at radius 1 is 1.67 bits per heavy atom. The van der Waals surface area contributed by atoms with Gasteiger partial charge in [0.15, 0.2) is 5.22 Å². The molecule has 0 spiro atoms. The lowest BCUT2D eigenvalue weighted by molar-refractivity contribution is 0.152. The van der Waals surface area contributed by atoms with Crippen LogP contribution in [0.1, 0.15) is 24.4 Å². The van der Waals surface area contributed by atoms with E-state index in [-0.39, 0.29) is 11.3 Å². The standard InChI is InChI=1S/C8H12ClNO2/c1-4-3-6(8(9)12-4)7(11)5(2)10/h3,5,7,11H,10H2,1-2H3. The Bertz CT molecular complexity index is 270. The zero-order chi connectivity index (χ0) is 9.30. The van der Waals surface area contributed by atoms with Crippen molar-refractivity contribution in [1.82, 2.24) is 0 Å². The van der Waals surface area contributed by atoms with Gasteiger partial charge in [-0.25, -0.2) is 0 Å². The summed E-state index contributed by atoms with van der Waals surface area (Å²) in [5, 5.41) is 9.74. The van der Waals surface area contributed by atoms with E-state index in [1.54, 1.807) is 19.9 Å². The molecule has 0 saturated carbocycles. The number of hydrogen-bond acceptors (Lipinski definition) is 3. The molecular weight excluding hydrogens is 178 g/mol. The largest absolute Gasteiger partial charge is 0.450 e. The quantitative estimate of drug-likeness (QED) is 0.744. The fourth-order valence-corrected chi connectivity index (χ4v) is 1.28. The van der Waals surface area contributed by atoms with Crippen LogP contribution >= 0.6 is 11.6 Å². The van der Waals surface area contributed by atoms with Crippen molar-refractivity contribution in [1.29, 1.82) is 0 Å². The predicted octanol–water partition coefficient (Wildman–Crippen LogP) is 1.62. The number of rotatable bonds is 2. The summed E-state index contributed by atoms with van der Waals surface area (Å²) in [7, 11) is 0. The van der Waals surface area contributed by atoms with Gasteiger partial charge in [0.05, 0.1) is 6.10 Å². The maximum absolute atomic E-state index is 9.52. The van der Waals surface area contributed by atoms with Crippen LogP contribution in [0.25, 0.3) is 0 Å². The van der Waals surface area contributed by atoms with E-state index in [0.717, 1.165) is 0 Å². The first-order valence-corrected chi connectivity index (χ1v) is 4.09. The van der Waals surface area contributed by atoms with Gasteiger partial charge in [-0.3, -0.25) is 0 Å².